The Morgan fingerprint density at radius 2 is 1.14 bits per heavy atom. The summed E-state index contributed by atoms with van der Waals surface area (Å²) in [5.41, 5.74) is 2.01. The molecule has 0 bridgehead atoms. The van der Waals surface area contributed by atoms with Crippen molar-refractivity contribution in [3.8, 4) is 11.1 Å². The number of benzene rings is 2. The molecule has 0 aromatic heterocycles. The molecule has 2 N–H and O–H groups in total. The van der Waals surface area contributed by atoms with Gasteiger partial charge in [0.15, 0.2) is 0 Å². The molecular weight excluding hydrogens is 392 g/mol. The van der Waals surface area contributed by atoms with Gasteiger partial charge in [0, 0.05) is 22.5 Å². The predicted molar refractivity (Wildman–Crippen MR) is 112 cm³/mol. The van der Waals surface area contributed by atoms with Crippen LogP contribution in [0, 0.1) is 0 Å². The van der Waals surface area contributed by atoms with Crippen LogP contribution < -0.4 is 10.6 Å². The van der Waals surface area contributed by atoms with Gasteiger partial charge in [0.05, 0.1) is 22.9 Å². The standard InChI is InChI=1S/C20H24N4O4S/c1-23(2)11-19(25)21-13-5-7-15-16-8-6-14(22-20(26)12-24(3)4)10-18(16)29(27,28)17(15)9-13/h5-10H,11-12H2,1-4H3,(H,21,25)(H,22,26). The number of carbonyl (C=O) groups is 2. The first-order valence-corrected chi connectivity index (χ1v) is 10.5. The molecule has 0 saturated heterocycles. The highest BCUT2D eigenvalue weighted by molar-refractivity contribution is 7.92. The van der Waals surface area contributed by atoms with E-state index in [4.69, 9.17) is 0 Å². The van der Waals surface area contributed by atoms with Gasteiger partial charge in [-0.1, -0.05) is 12.1 Å². The molecule has 8 nitrogen and oxygen atoms in total. The molecule has 3 rings (SSSR count). The topological polar surface area (TPSA) is 98.8 Å². The Morgan fingerprint density at radius 3 is 1.48 bits per heavy atom. The number of hydrogen-bond acceptors (Lipinski definition) is 6. The van der Waals surface area contributed by atoms with Crippen LogP contribution in [-0.4, -0.2) is 71.3 Å². The normalized spacial score (nSPS) is 13.9. The predicted octanol–water partition coefficient (Wildman–Crippen LogP) is 1.50. The zero-order valence-electron chi connectivity index (χ0n) is 16.8. The quantitative estimate of drug-likeness (QED) is 0.632. The molecule has 2 aromatic carbocycles. The molecule has 29 heavy (non-hydrogen) atoms. The first-order valence-electron chi connectivity index (χ1n) is 9.00. The molecule has 0 radical (unpaired) electrons. The van der Waals surface area contributed by atoms with Crippen molar-refractivity contribution in [2.24, 2.45) is 0 Å². The third kappa shape index (κ3) is 4.47. The van der Waals surface area contributed by atoms with Crippen LogP contribution >= 0.6 is 0 Å². The molecule has 1 heterocycles. The summed E-state index contributed by atoms with van der Waals surface area (Å²) in [7, 11) is 3.35. The maximum Gasteiger partial charge on any atom is 0.238 e. The smallest absolute Gasteiger partial charge is 0.238 e. The Hall–Kier alpha value is -2.75. The number of carbonyl (C=O) groups excluding carboxylic acids is 2. The van der Waals surface area contributed by atoms with Crippen LogP contribution in [0.2, 0.25) is 0 Å². The number of amides is 2. The minimum atomic E-state index is -3.75. The zero-order chi connectivity index (χ0) is 21.3. The molecule has 2 amide bonds. The number of fused-ring (bicyclic) bond motifs is 3. The van der Waals surface area contributed by atoms with E-state index in [1.807, 2.05) is 0 Å². The van der Waals surface area contributed by atoms with Crippen molar-refractivity contribution in [3.05, 3.63) is 36.4 Å². The number of anilines is 2. The molecule has 9 heteroatoms. The maximum atomic E-state index is 13.1. The largest absolute Gasteiger partial charge is 0.325 e. The third-order valence-electron chi connectivity index (χ3n) is 4.32. The van der Waals surface area contributed by atoms with E-state index in [1.54, 1.807) is 62.3 Å². The number of sulfone groups is 1. The first-order chi connectivity index (χ1) is 13.6. The summed E-state index contributed by atoms with van der Waals surface area (Å²) in [5, 5.41) is 5.43. The van der Waals surface area contributed by atoms with Crippen molar-refractivity contribution in [2.75, 3.05) is 51.9 Å². The van der Waals surface area contributed by atoms with Gasteiger partial charge in [0.25, 0.3) is 0 Å². The summed E-state index contributed by atoms with van der Waals surface area (Å²) in [6.45, 7) is 0.389. The summed E-state index contributed by atoms with van der Waals surface area (Å²) in [6, 6.07) is 9.70. The molecule has 0 saturated carbocycles. The van der Waals surface area contributed by atoms with Crippen molar-refractivity contribution < 1.29 is 18.0 Å². The van der Waals surface area contributed by atoms with Gasteiger partial charge in [-0.2, -0.15) is 0 Å². The highest BCUT2D eigenvalue weighted by Gasteiger charge is 2.33. The molecule has 1 aliphatic heterocycles. The van der Waals surface area contributed by atoms with Gasteiger partial charge in [0.2, 0.25) is 21.7 Å². The van der Waals surface area contributed by atoms with Gasteiger partial charge in [0.1, 0.15) is 0 Å². The van der Waals surface area contributed by atoms with E-state index in [-0.39, 0.29) is 34.7 Å². The van der Waals surface area contributed by atoms with Crippen LogP contribution in [0.25, 0.3) is 11.1 Å². The van der Waals surface area contributed by atoms with Crippen LogP contribution in [0.3, 0.4) is 0 Å². The molecule has 0 fully saturated rings. The highest BCUT2D eigenvalue weighted by atomic mass is 32.2. The van der Waals surface area contributed by atoms with Gasteiger partial charge < -0.3 is 20.4 Å². The second-order valence-electron chi connectivity index (χ2n) is 7.50. The summed E-state index contributed by atoms with van der Waals surface area (Å²) < 4.78 is 26.1. The lowest BCUT2D eigenvalue weighted by Crippen LogP contribution is -2.27. The van der Waals surface area contributed by atoms with E-state index in [0.29, 0.717) is 22.5 Å². The fourth-order valence-electron chi connectivity index (χ4n) is 3.18. The lowest BCUT2D eigenvalue weighted by atomic mass is 10.0. The van der Waals surface area contributed by atoms with E-state index in [2.05, 4.69) is 10.6 Å². The van der Waals surface area contributed by atoms with Crippen LogP contribution in [0.5, 0.6) is 0 Å². The third-order valence-corrected chi connectivity index (χ3v) is 6.15. The number of likely N-dealkylation sites (N-methyl/N-ethyl adjacent to an activating group) is 2. The second-order valence-corrected chi connectivity index (χ2v) is 9.38. The van der Waals surface area contributed by atoms with Crippen molar-refractivity contribution in [2.45, 2.75) is 9.79 Å². The molecule has 154 valence electrons. The van der Waals surface area contributed by atoms with Gasteiger partial charge in [-0.3, -0.25) is 9.59 Å². The molecule has 0 atom stereocenters. The molecular formula is C20H24N4O4S. The SMILES string of the molecule is CN(C)CC(=O)Nc1ccc2c(c1)S(=O)(=O)c1cc(NC(=O)CN(C)C)ccc1-2. The van der Waals surface area contributed by atoms with Gasteiger partial charge in [-0.05, 0) is 52.5 Å². The number of nitrogens with zero attached hydrogens (tertiary/aromatic N) is 2. The number of rotatable bonds is 6. The van der Waals surface area contributed by atoms with Crippen LogP contribution in [0.4, 0.5) is 11.4 Å². The summed E-state index contributed by atoms with van der Waals surface area (Å²) in [4.78, 5) is 27.7. The molecule has 0 spiro atoms. The summed E-state index contributed by atoms with van der Waals surface area (Å²) in [5.74, 6) is -0.456. The van der Waals surface area contributed by atoms with Crippen molar-refractivity contribution in [1.29, 1.82) is 0 Å². The van der Waals surface area contributed by atoms with Gasteiger partial charge >= 0.3 is 0 Å². The van der Waals surface area contributed by atoms with Crippen molar-refractivity contribution in [3.63, 3.8) is 0 Å². The van der Waals surface area contributed by atoms with E-state index in [9.17, 15) is 18.0 Å². The maximum absolute atomic E-state index is 13.1. The Labute approximate surface area is 170 Å². The Kier molecular flexibility index (Phi) is 5.74. The lowest BCUT2D eigenvalue weighted by molar-refractivity contribution is -0.117. The van der Waals surface area contributed by atoms with Gasteiger partial charge in [-0.15, -0.1) is 0 Å². The first kappa shape index (κ1) is 21.0. The van der Waals surface area contributed by atoms with E-state index in [0.717, 1.165) is 0 Å². The summed E-state index contributed by atoms with van der Waals surface area (Å²) >= 11 is 0. The number of hydrogen-bond donors (Lipinski definition) is 2. The van der Waals surface area contributed by atoms with Gasteiger partial charge in [-0.25, -0.2) is 8.42 Å². The van der Waals surface area contributed by atoms with Crippen molar-refractivity contribution >= 4 is 33.0 Å². The molecule has 1 aliphatic rings. The van der Waals surface area contributed by atoms with Crippen LogP contribution in [-0.2, 0) is 19.4 Å². The van der Waals surface area contributed by atoms with E-state index >= 15 is 0 Å². The lowest BCUT2D eigenvalue weighted by Gasteiger charge is -2.11. The van der Waals surface area contributed by atoms with Crippen LogP contribution in [0.1, 0.15) is 0 Å². The highest BCUT2D eigenvalue weighted by Crippen LogP contribution is 2.45. The Morgan fingerprint density at radius 1 is 0.759 bits per heavy atom. The number of nitrogens with one attached hydrogen (secondary N) is 2. The summed E-state index contributed by atoms with van der Waals surface area (Å²) in [6.07, 6.45) is 0. The molecule has 0 unspecified atom stereocenters. The molecule has 0 aliphatic carbocycles. The fraction of sp³-hybridized carbons (Fsp3) is 0.300. The monoisotopic (exact) mass is 416 g/mol. The molecule has 2 aromatic rings. The zero-order valence-corrected chi connectivity index (χ0v) is 17.6. The van der Waals surface area contributed by atoms with Crippen molar-refractivity contribution in [1.82, 2.24) is 9.80 Å². The van der Waals surface area contributed by atoms with E-state index in [1.165, 1.54) is 12.1 Å². The minimum absolute atomic E-state index is 0.145. The van der Waals surface area contributed by atoms with E-state index < -0.39 is 9.84 Å². The Bertz CT molecular complexity index is 998. The average molecular weight is 417 g/mol. The minimum Gasteiger partial charge on any atom is -0.325 e. The van der Waals surface area contributed by atoms with Crippen LogP contribution in [0.15, 0.2) is 46.2 Å². The fourth-order valence-corrected chi connectivity index (χ4v) is 4.92. The second kappa shape index (κ2) is 7.94. The Balaban J connectivity index is 1.90. The average Bonchev–Trinajstić information content (AvgIpc) is 2.81.